The van der Waals surface area contributed by atoms with Crippen LogP contribution in [0.2, 0.25) is 0 Å². The van der Waals surface area contributed by atoms with Crippen molar-refractivity contribution in [2.75, 3.05) is 13.7 Å². The maximum atomic E-state index is 12.1. The van der Waals surface area contributed by atoms with Gasteiger partial charge in [0, 0.05) is 31.4 Å². The molecule has 2 heterocycles. The average Bonchev–Trinajstić information content (AvgIpc) is 2.92. The molecule has 1 fully saturated rings. The summed E-state index contributed by atoms with van der Waals surface area (Å²) in [5.41, 5.74) is 0.879. The van der Waals surface area contributed by atoms with Crippen LogP contribution < -0.4 is 10.1 Å². The summed E-state index contributed by atoms with van der Waals surface area (Å²) in [5, 5.41) is 11.7. The third-order valence-corrected chi connectivity index (χ3v) is 3.50. The van der Waals surface area contributed by atoms with Crippen molar-refractivity contribution in [1.82, 2.24) is 15.2 Å². The number of carbonyl (C=O) groups is 2. The van der Waals surface area contributed by atoms with Crippen LogP contribution in [0.3, 0.4) is 0 Å². The number of carbonyl (C=O) groups excluding carboxylic acids is 1. The number of likely N-dealkylation sites (tertiary alicyclic amines) is 1. The third-order valence-electron chi connectivity index (χ3n) is 3.50. The fraction of sp³-hybridized carbons (Fsp3) is 0.500. The minimum atomic E-state index is -0.876. The lowest BCUT2D eigenvalue weighted by molar-refractivity contribution is -0.137. The van der Waals surface area contributed by atoms with Crippen LogP contribution in [0.15, 0.2) is 18.3 Å². The predicted molar refractivity (Wildman–Crippen MR) is 75.0 cm³/mol. The van der Waals surface area contributed by atoms with Gasteiger partial charge in [0.1, 0.15) is 0 Å². The van der Waals surface area contributed by atoms with Crippen molar-refractivity contribution >= 4 is 12.0 Å². The van der Waals surface area contributed by atoms with Crippen molar-refractivity contribution in [2.45, 2.75) is 31.8 Å². The maximum Gasteiger partial charge on any atom is 0.317 e. The van der Waals surface area contributed by atoms with Crippen LogP contribution in [0.4, 0.5) is 4.79 Å². The number of ether oxygens (including phenoxy) is 1. The molecule has 1 aliphatic heterocycles. The predicted octanol–water partition coefficient (Wildman–Crippen LogP) is 1.24. The van der Waals surface area contributed by atoms with Gasteiger partial charge in [0.25, 0.3) is 0 Å². The van der Waals surface area contributed by atoms with Gasteiger partial charge in [-0.2, -0.15) is 0 Å². The van der Waals surface area contributed by atoms with Gasteiger partial charge in [-0.15, -0.1) is 0 Å². The molecular weight excluding hydrogens is 274 g/mol. The molecule has 2 amide bonds. The molecule has 0 aromatic carbocycles. The first-order valence-corrected chi connectivity index (χ1v) is 6.85. The molecule has 0 bridgehead atoms. The molecule has 2 rings (SSSR count). The Balaban J connectivity index is 1.90. The summed E-state index contributed by atoms with van der Waals surface area (Å²) in [6, 6.07) is 3.10. The monoisotopic (exact) mass is 293 g/mol. The van der Waals surface area contributed by atoms with Gasteiger partial charge < -0.3 is 20.1 Å². The van der Waals surface area contributed by atoms with Gasteiger partial charge in [-0.3, -0.25) is 4.79 Å². The lowest BCUT2D eigenvalue weighted by Gasteiger charge is -2.23. The number of nitrogens with one attached hydrogen (secondary N) is 1. The Kier molecular flexibility index (Phi) is 4.97. The fourth-order valence-electron chi connectivity index (χ4n) is 2.47. The van der Waals surface area contributed by atoms with E-state index in [1.165, 1.54) is 7.11 Å². The number of pyridine rings is 1. The van der Waals surface area contributed by atoms with E-state index in [1.807, 2.05) is 0 Å². The smallest absolute Gasteiger partial charge is 0.317 e. The van der Waals surface area contributed by atoms with Crippen LogP contribution >= 0.6 is 0 Å². The van der Waals surface area contributed by atoms with Crippen molar-refractivity contribution in [3.05, 3.63) is 23.9 Å². The summed E-state index contributed by atoms with van der Waals surface area (Å²) >= 11 is 0. The highest BCUT2D eigenvalue weighted by molar-refractivity contribution is 5.76. The molecule has 0 saturated carbocycles. The molecule has 0 radical (unpaired) electrons. The van der Waals surface area contributed by atoms with E-state index in [0.29, 0.717) is 19.0 Å². The van der Waals surface area contributed by atoms with Crippen LogP contribution in [0.5, 0.6) is 5.88 Å². The van der Waals surface area contributed by atoms with E-state index in [0.717, 1.165) is 18.4 Å². The molecule has 1 unspecified atom stereocenters. The standard InChI is InChI=1S/C14H19N3O4/c1-21-12-7-10(4-5-15-12)9-16-14(20)17-6-2-3-11(17)8-13(18)19/h4-5,7,11H,2-3,6,8-9H2,1H3,(H,16,20)(H,18,19). The highest BCUT2D eigenvalue weighted by Gasteiger charge is 2.30. The summed E-state index contributed by atoms with van der Waals surface area (Å²) in [6.45, 7) is 0.956. The van der Waals surface area contributed by atoms with Crippen molar-refractivity contribution < 1.29 is 19.4 Å². The number of methoxy groups -OCH3 is 1. The van der Waals surface area contributed by atoms with Gasteiger partial charge in [0.2, 0.25) is 5.88 Å². The van der Waals surface area contributed by atoms with E-state index < -0.39 is 5.97 Å². The Morgan fingerprint density at radius 3 is 3.10 bits per heavy atom. The molecule has 7 heteroatoms. The second kappa shape index (κ2) is 6.92. The van der Waals surface area contributed by atoms with Crippen LogP contribution in [0.25, 0.3) is 0 Å². The molecule has 1 aromatic rings. The Morgan fingerprint density at radius 2 is 2.38 bits per heavy atom. The van der Waals surface area contributed by atoms with Gasteiger partial charge in [0.05, 0.1) is 13.5 Å². The van der Waals surface area contributed by atoms with Crippen LogP contribution in [-0.2, 0) is 11.3 Å². The Bertz CT molecular complexity index is 521. The van der Waals surface area contributed by atoms with Crippen molar-refractivity contribution in [1.29, 1.82) is 0 Å². The molecule has 1 saturated heterocycles. The molecule has 2 N–H and O–H groups in total. The van der Waals surface area contributed by atoms with Crippen molar-refractivity contribution in [3.63, 3.8) is 0 Å². The zero-order chi connectivity index (χ0) is 15.2. The Morgan fingerprint density at radius 1 is 1.57 bits per heavy atom. The first kappa shape index (κ1) is 15.1. The van der Waals surface area contributed by atoms with Gasteiger partial charge in [-0.1, -0.05) is 0 Å². The van der Waals surface area contributed by atoms with E-state index in [1.54, 1.807) is 23.2 Å². The number of aliphatic carboxylic acids is 1. The number of aromatic nitrogens is 1. The van der Waals surface area contributed by atoms with E-state index >= 15 is 0 Å². The molecule has 1 atom stereocenters. The number of amides is 2. The summed E-state index contributed by atoms with van der Waals surface area (Å²) in [7, 11) is 1.53. The van der Waals surface area contributed by atoms with Crippen LogP contribution in [-0.4, -0.2) is 46.7 Å². The maximum absolute atomic E-state index is 12.1. The number of hydrogen-bond donors (Lipinski definition) is 2. The number of nitrogens with zero attached hydrogens (tertiary/aromatic N) is 2. The molecule has 21 heavy (non-hydrogen) atoms. The van der Waals surface area contributed by atoms with Gasteiger partial charge in [-0.05, 0) is 24.5 Å². The number of urea groups is 1. The normalized spacial score (nSPS) is 17.6. The second-order valence-corrected chi connectivity index (χ2v) is 4.95. The number of rotatable bonds is 5. The highest BCUT2D eigenvalue weighted by atomic mass is 16.5. The average molecular weight is 293 g/mol. The van der Waals surface area contributed by atoms with Crippen molar-refractivity contribution in [3.8, 4) is 5.88 Å². The molecule has 0 spiro atoms. The summed E-state index contributed by atoms with van der Waals surface area (Å²) in [6.07, 6.45) is 3.19. The molecule has 0 aliphatic carbocycles. The van der Waals surface area contributed by atoms with E-state index in [4.69, 9.17) is 9.84 Å². The van der Waals surface area contributed by atoms with Crippen molar-refractivity contribution in [2.24, 2.45) is 0 Å². The first-order valence-electron chi connectivity index (χ1n) is 6.85. The molecule has 1 aliphatic rings. The largest absolute Gasteiger partial charge is 0.481 e. The zero-order valence-electron chi connectivity index (χ0n) is 11.9. The number of hydrogen-bond acceptors (Lipinski definition) is 4. The lowest BCUT2D eigenvalue weighted by atomic mass is 10.1. The number of carboxylic acids is 1. The lowest BCUT2D eigenvalue weighted by Crippen LogP contribution is -2.43. The second-order valence-electron chi connectivity index (χ2n) is 4.95. The van der Waals surface area contributed by atoms with Crippen LogP contribution in [0.1, 0.15) is 24.8 Å². The minimum Gasteiger partial charge on any atom is -0.481 e. The summed E-state index contributed by atoms with van der Waals surface area (Å²) in [4.78, 5) is 28.5. The van der Waals surface area contributed by atoms with Gasteiger partial charge >= 0.3 is 12.0 Å². The van der Waals surface area contributed by atoms with E-state index in [9.17, 15) is 9.59 Å². The highest BCUT2D eigenvalue weighted by Crippen LogP contribution is 2.20. The zero-order valence-corrected chi connectivity index (χ0v) is 11.9. The van der Waals surface area contributed by atoms with E-state index in [2.05, 4.69) is 10.3 Å². The Hall–Kier alpha value is -2.31. The number of carboxylic acid groups (broad SMARTS) is 1. The van der Waals surface area contributed by atoms with Gasteiger partial charge in [0.15, 0.2) is 0 Å². The molecule has 114 valence electrons. The summed E-state index contributed by atoms with van der Waals surface area (Å²) in [5.74, 6) is -0.384. The fourth-order valence-corrected chi connectivity index (χ4v) is 2.47. The van der Waals surface area contributed by atoms with Crippen LogP contribution in [0, 0.1) is 0 Å². The quantitative estimate of drug-likeness (QED) is 0.852. The van der Waals surface area contributed by atoms with Gasteiger partial charge in [-0.25, -0.2) is 9.78 Å². The topological polar surface area (TPSA) is 91.8 Å². The molecule has 1 aromatic heterocycles. The third kappa shape index (κ3) is 4.08. The minimum absolute atomic E-state index is 0.00347. The molecule has 7 nitrogen and oxygen atoms in total. The van der Waals surface area contributed by atoms with E-state index in [-0.39, 0.29) is 18.5 Å². The Labute approximate surface area is 122 Å². The SMILES string of the molecule is COc1cc(CNC(=O)N2CCCC2CC(=O)O)ccn1. The molecular formula is C14H19N3O4. The summed E-state index contributed by atoms with van der Waals surface area (Å²) < 4.78 is 5.02. The first-order chi connectivity index (χ1) is 10.1.